The van der Waals surface area contributed by atoms with E-state index in [2.05, 4.69) is 0 Å². The fourth-order valence-electron chi connectivity index (χ4n) is 3.75. The third-order valence-corrected chi connectivity index (χ3v) is 5.20. The first-order valence-corrected chi connectivity index (χ1v) is 9.61. The first-order chi connectivity index (χ1) is 13.2. The minimum Gasteiger partial charge on any atom is -0.267 e. The topological polar surface area (TPSA) is 40.6 Å². The van der Waals surface area contributed by atoms with Gasteiger partial charge in [0, 0.05) is 11.1 Å². The molecule has 2 aromatic rings. The Balaban J connectivity index is 2.01. The average Bonchev–Trinajstić information content (AvgIpc) is 2.60. The van der Waals surface area contributed by atoms with Gasteiger partial charge in [-0.1, -0.05) is 45.5 Å². The standard InChI is InChI=1S/C24H28N2O2/c1-15-7-16(2)10-21(9-15)23(27)25-13-19(5)20(6)14-26(25)24(28)22-11-17(3)8-18(4)12-22/h7-12H,13-14H2,1-6H3. The quantitative estimate of drug-likeness (QED) is 0.709. The molecule has 0 radical (unpaired) electrons. The molecule has 4 heteroatoms. The monoisotopic (exact) mass is 376 g/mol. The minimum absolute atomic E-state index is 0.142. The lowest BCUT2D eigenvalue weighted by molar-refractivity contribution is -0.0000776. The summed E-state index contributed by atoms with van der Waals surface area (Å²) >= 11 is 0. The van der Waals surface area contributed by atoms with Gasteiger partial charge in [0.15, 0.2) is 0 Å². The molecule has 28 heavy (non-hydrogen) atoms. The minimum atomic E-state index is -0.142. The van der Waals surface area contributed by atoms with E-state index in [9.17, 15) is 9.59 Å². The zero-order valence-corrected chi connectivity index (χ0v) is 17.6. The molecule has 0 bridgehead atoms. The fraction of sp³-hybridized carbons (Fsp3) is 0.333. The molecule has 2 aromatic carbocycles. The van der Waals surface area contributed by atoms with Crippen molar-refractivity contribution in [2.45, 2.75) is 41.5 Å². The predicted octanol–water partition coefficient (Wildman–Crippen LogP) is 4.77. The van der Waals surface area contributed by atoms with Crippen molar-refractivity contribution >= 4 is 11.8 Å². The van der Waals surface area contributed by atoms with E-state index in [4.69, 9.17) is 0 Å². The molecule has 2 amide bonds. The summed E-state index contributed by atoms with van der Waals surface area (Å²) in [6.45, 7) is 12.8. The van der Waals surface area contributed by atoms with Gasteiger partial charge in [-0.3, -0.25) is 9.59 Å². The lowest BCUT2D eigenvalue weighted by Crippen LogP contribution is -2.53. The third kappa shape index (κ3) is 4.01. The van der Waals surface area contributed by atoms with Gasteiger partial charge < -0.3 is 0 Å². The van der Waals surface area contributed by atoms with Crippen molar-refractivity contribution in [3.05, 3.63) is 80.9 Å². The van der Waals surface area contributed by atoms with E-state index in [1.54, 1.807) is 10.0 Å². The third-order valence-electron chi connectivity index (χ3n) is 5.20. The van der Waals surface area contributed by atoms with Gasteiger partial charge >= 0.3 is 0 Å². The van der Waals surface area contributed by atoms with Gasteiger partial charge in [0.1, 0.15) is 0 Å². The molecule has 0 aliphatic carbocycles. The summed E-state index contributed by atoms with van der Waals surface area (Å²) < 4.78 is 0. The van der Waals surface area contributed by atoms with Crippen molar-refractivity contribution in [3.63, 3.8) is 0 Å². The number of benzene rings is 2. The molecule has 1 heterocycles. The number of hydrazine groups is 1. The molecule has 146 valence electrons. The largest absolute Gasteiger partial charge is 0.272 e. The molecule has 4 nitrogen and oxygen atoms in total. The maximum Gasteiger partial charge on any atom is 0.272 e. The molecule has 0 saturated heterocycles. The summed E-state index contributed by atoms with van der Waals surface area (Å²) in [5.74, 6) is -0.284. The van der Waals surface area contributed by atoms with Crippen LogP contribution >= 0.6 is 0 Å². The summed E-state index contributed by atoms with van der Waals surface area (Å²) in [6, 6.07) is 11.6. The second-order valence-electron chi connectivity index (χ2n) is 8.04. The van der Waals surface area contributed by atoms with Crippen molar-refractivity contribution < 1.29 is 9.59 Å². The summed E-state index contributed by atoms with van der Waals surface area (Å²) in [7, 11) is 0. The zero-order valence-electron chi connectivity index (χ0n) is 17.6. The highest BCUT2D eigenvalue weighted by Gasteiger charge is 2.32. The van der Waals surface area contributed by atoms with Crippen LogP contribution in [0.3, 0.4) is 0 Å². The SMILES string of the molecule is CC1=C(C)CN(C(=O)c2cc(C)cc(C)c2)N(C(=O)c2cc(C)cc(C)c2)C1. The number of nitrogens with zero attached hydrogens (tertiary/aromatic N) is 2. The number of aryl methyl sites for hydroxylation is 4. The van der Waals surface area contributed by atoms with E-state index < -0.39 is 0 Å². The predicted molar refractivity (Wildman–Crippen MR) is 112 cm³/mol. The second kappa shape index (κ2) is 7.63. The summed E-state index contributed by atoms with van der Waals surface area (Å²) in [4.78, 5) is 26.7. The van der Waals surface area contributed by atoms with Gasteiger partial charge in [0.2, 0.25) is 0 Å². The van der Waals surface area contributed by atoms with Crippen molar-refractivity contribution in [2.75, 3.05) is 13.1 Å². The Hall–Kier alpha value is -2.88. The van der Waals surface area contributed by atoms with Crippen LogP contribution in [0.2, 0.25) is 0 Å². The van der Waals surface area contributed by atoms with E-state index in [1.165, 1.54) is 0 Å². The van der Waals surface area contributed by atoms with E-state index in [-0.39, 0.29) is 11.8 Å². The smallest absolute Gasteiger partial charge is 0.267 e. The molecular formula is C24H28N2O2. The molecule has 0 aromatic heterocycles. The van der Waals surface area contributed by atoms with Crippen molar-refractivity contribution in [1.82, 2.24) is 10.0 Å². The fourth-order valence-corrected chi connectivity index (χ4v) is 3.75. The molecule has 0 saturated carbocycles. The van der Waals surface area contributed by atoms with Crippen LogP contribution in [-0.2, 0) is 0 Å². The van der Waals surface area contributed by atoms with Crippen LogP contribution in [-0.4, -0.2) is 34.9 Å². The van der Waals surface area contributed by atoms with Crippen LogP contribution in [0.4, 0.5) is 0 Å². The van der Waals surface area contributed by atoms with Gasteiger partial charge in [-0.05, 0) is 65.8 Å². The maximum absolute atomic E-state index is 13.3. The molecule has 0 N–H and O–H groups in total. The Morgan fingerprint density at radius 2 is 0.857 bits per heavy atom. The second-order valence-corrected chi connectivity index (χ2v) is 8.04. The van der Waals surface area contributed by atoms with Gasteiger partial charge in [0.25, 0.3) is 11.8 Å². The lowest BCUT2D eigenvalue weighted by atomic mass is 10.0. The zero-order chi connectivity index (χ0) is 20.6. The van der Waals surface area contributed by atoms with Crippen molar-refractivity contribution in [1.29, 1.82) is 0 Å². The van der Waals surface area contributed by atoms with E-state index in [0.29, 0.717) is 24.2 Å². The summed E-state index contributed by atoms with van der Waals surface area (Å²) in [5.41, 5.74) is 7.63. The van der Waals surface area contributed by atoms with Crippen LogP contribution in [0, 0.1) is 27.7 Å². The van der Waals surface area contributed by atoms with E-state index in [0.717, 1.165) is 33.4 Å². The number of hydrogen-bond donors (Lipinski definition) is 0. The number of carbonyl (C=O) groups excluding carboxylic acids is 2. The van der Waals surface area contributed by atoms with E-state index >= 15 is 0 Å². The summed E-state index contributed by atoms with van der Waals surface area (Å²) in [6.07, 6.45) is 0. The molecule has 1 aliphatic rings. The molecule has 1 aliphatic heterocycles. The number of rotatable bonds is 2. The normalized spacial score (nSPS) is 14.5. The Labute approximate surface area is 167 Å². The molecule has 0 fully saturated rings. The highest BCUT2D eigenvalue weighted by molar-refractivity contribution is 6.00. The number of amides is 2. The molecule has 0 unspecified atom stereocenters. The molecule has 0 atom stereocenters. The molecule has 0 spiro atoms. The van der Waals surface area contributed by atoms with Gasteiger partial charge in [0.05, 0.1) is 13.1 Å². The van der Waals surface area contributed by atoms with E-state index in [1.807, 2.05) is 77.9 Å². The highest BCUT2D eigenvalue weighted by atomic mass is 16.2. The van der Waals surface area contributed by atoms with Crippen LogP contribution in [0.5, 0.6) is 0 Å². The van der Waals surface area contributed by atoms with Crippen LogP contribution < -0.4 is 0 Å². The Kier molecular flexibility index (Phi) is 5.41. The lowest BCUT2D eigenvalue weighted by Gasteiger charge is -2.39. The average molecular weight is 377 g/mol. The first-order valence-electron chi connectivity index (χ1n) is 9.61. The molecule has 3 rings (SSSR count). The van der Waals surface area contributed by atoms with Gasteiger partial charge in [-0.25, -0.2) is 10.0 Å². The Bertz CT molecular complexity index is 868. The van der Waals surface area contributed by atoms with Crippen molar-refractivity contribution in [3.8, 4) is 0 Å². The molecular weight excluding hydrogens is 348 g/mol. The Morgan fingerprint density at radius 3 is 1.14 bits per heavy atom. The van der Waals surface area contributed by atoms with Crippen LogP contribution in [0.1, 0.15) is 56.8 Å². The summed E-state index contributed by atoms with van der Waals surface area (Å²) in [5, 5.41) is 3.19. The Morgan fingerprint density at radius 1 is 0.571 bits per heavy atom. The van der Waals surface area contributed by atoms with Crippen molar-refractivity contribution in [2.24, 2.45) is 0 Å². The van der Waals surface area contributed by atoms with Crippen LogP contribution in [0.15, 0.2) is 47.5 Å². The highest BCUT2D eigenvalue weighted by Crippen LogP contribution is 2.23. The van der Waals surface area contributed by atoms with Gasteiger partial charge in [-0.2, -0.15) is 0 Å². The number of hydrogen-bond acceptors (Lipinski definition) is 2. The van der Waals surface area contributed by atoms with Crippen LogP contribution in [0.25, 0.3) is 0 Å². The first kappa shape index (κ1) is 19.9. The van der Waals surface area contributed by atoms with Gasteiger partial charge in [-0.15, -0.1) is 0 Å². The maximum atomic E-state index is 13.3. The number of carbonyl (C=O) groups is 2.